The van der Waals surface area contributed by atoms with Gasteiger partial charge in [-0.25, -0.2) is 4.79 Å². The minimum absolute atomic E-state index is 0.0284. The van der Waals surface area contributed by atoms with Gasteiger partial charge in [-0.15, -0.1) is 0 Å². The van der Waals surface area contributed by atoms with Crippen LogP contribution in [0.2, 0.25) is 0 Å². The molecular formula is C28H34N4O5. The lowest BCUT2D eigenvalue weighted by Crippen LogP contribution is -2.49. The third kappa shape index (κ3) is 6.55. The summed E-state index contributed by atoms with van der Waals surface area (Å²) in [5.74, 6) is 0.381. The molecule has 9 heteroatoms. The largest absolute Gasteiger partial charge is 0.497 e. The molecule has 1 unspecified atom stereocenters. The monoisotopic (exact) mass is 506 g/mol. The maximum absolute atomic E-state index is 12.9. The number of hydrogen-bond acceptors (Lipinski definition) is 7. The van der Waals surface area contributed by atoms with Crippen LogP contribution in [0.5, 0.6) is 5.75 Å². The Morgan fingerprint density at radius 1 is 1.00 bits per heavy atom. The van der Waals surface area contributed by atoms with E-state index in [9.17, 15) is 9.59 Å². The molecule has 37 heavy (non-hydrogen) atoms. The Kier molecular flexibility index (Phi) is 8.58. The molecule has 1 aliphatic heterocycles. The summed E-state index contributed by atoms with van der Waals surface area (Å²) in [4.78, 5) is 28.8. The van der Waals surface area contributed by atoms with Crippen LogP contribution >= 0.6 is 0 Å². The summed E-state index contributed by atoms with van der Waals surface area (Å²) in [6.45, 7) is 5.76. The highest BCUT2D eigenvalue weighted by molar-refractivity contribution is 5.92. The third-order valence-corrected chi connectivity index (χ3v) is 6.71. The van der Waals surface area contributed by atoms with Gasteiger partial charge in [-0.1, -0.05) is 24.3 Å². The highest BCUT2D eigenvalue weighted by Crippen LogP contribution is 2.25. The maximum atomic E-state index is 12.9. The molecule has 4 rings (SSSR count). The maximum Gasteiger partial charge on any atom is 0.337 e. The first-order chi connectivity index (χ1) is 17.9. The number of carbonyl (C=O) groups is 2. The lowest BCUT2D eigenvalue weighted by Gasteiger charge is -2.36. The number of hydrogen-bond donors (Lipinski definition) is 0. The van der Waals surface area contributed by atoms with Crippen LogP contribution in [0.4, 0.5) is 0 Å². The van der Waals surface area contributed by atoms with Crippen LogP contribution in [0.15, 0.2) is 54.6 Å². The van der Waals surface area contributed by atoms with Crippen LogP contribution < -0.4 is 4.74 Å². The summed E-state index contributed by atoms with van der Waals surface area (Å²) in [5.41, 5.74) is 3.93. The standard InChI is InChI=1S/C28H34N4O5/c1-20-16-25(29-30(20)2)27(33)32-14-12-31(13-15-32)18-26(23-6-5-7-24(17-23)35-3)37-19-21-8-10-22(11-9-21)28(34)36-4/h5-11,16-17,26H,12-15,18-19H2,1-4H3. The van der Waals surface area contributed by atoms with E-state index in [1.165, 1.54) is 7.11 Å². The number of aryl methyl sites for hydroxylation is 2. The topological polar surface area (TPSA) is 86.1 Å². The van der Waals surface area contributed by atoms with Gasteiger partial charge in [0.15, 0.2) is 5.69 Å². The fraction of sp³-hybridized carbons (Fsp3) is 0.393. The van der Waals surface area contributed by atoms with E-state index in [1.807, 2.05) is 61.3 Å². The normalized spacial score (nSPS) is 14.9. The molecule has 0 saturated carbocycles. The molecule has 1 amide bonds. The molecular weight excluding hydrogens is 472 g/mol. The van der Waals surface area contributed by atoms with Crippen molar-refractivity contribution in [2.45, 2.75) is 19.6 Å². The predicted molar refractivity (Wildman–Crippen MR) is 139 cm³/mol. The number of esters is 1. The van der Waals surface area contributed by atoms with Crippen LogP contribution in [0.1, 0.15) is 43.8 Å². The molecule has 1 atom stereocenters. The first kappa shape index (κ1) is 26.4. The van der Waals surface area contributed by atoms with Gasteiger partial charge in [-0.2, -0.15) is 5.10 Å². The van der Waals surface area contributed by atoms with Crippen LogP contribution in [0.25, 0.3) is 0 Å². The summed E-state index contributed by atoms with van der Waals surface area (Å²) >= 11 is 0. The van der Waals surface area contributed by atoms with Crippen molar-refractivity contribution in [2.75, 3.05) is 46.9 Å². The van der Waals surface area contributed by atoms with Gasteiger partial charge in [-0.3, -0.25) is 14.4 Å². The molecule has 0 aliphatic carbocycles. The highest BCUT2D eigenvalue weighted by atomic mass is 16.5. The van der Waals surface area contributed by atoms with Gasteiger partial charge in [0.2, 0.25) is 0 Å². The van der Waals surface area contributed by atoms with Gasteiger partial charge in [0.25, 0.3) is 5.91 Å². The van der Waals surface area contributed by atoms with E-state index in [0.29, 0.717) is 37.5 Å². The molecule has 0 spiro atoms. The zero-order valence-corrected chi connectivity index (χ0v) is 21.8. The minimum Gasteiger partial charge on any atom is -0.497 e. The molecule has 1 saturated heterocycles. The number of amides is 1. The van der Waals surface area contributed by atoms with E-state index in [2.05, 4.69) is 10.00 Å². The van der Waals surface area contributed by atoms with Crippen molar-refractivity contribution in [3.63, 3.8) is 0 Å². The van der Waals surface area contributed by atoms with Crippen LogP contribution in [-0.4, -0.2) is 78.4 Å². The summed E-state index contributed by atoms with van der Waals surface area (Å²) in [5, 5.41) is 4.34. The number of benzene rings is 2. The van der Waals surface area contributed by atoms with Crippen molar-refractivity contribution in [1.29, 1.82) is 0 Å². The Labute approximate surface area is 217 Å². The van der Waals surface area contributed by atoms with Gasteiger partial charge in [-0.05, 0) is 48.4 Å². The number of nitrogens with zero attached hydrogens (tertiary/aromatic N) is 4. The zero-order chi connectivity index (χ0) is 26.4. The second kappa shape index (κ2) is 12.0. The number of rotatable bonds is 9. The summed E-state index contributed by atoms with van der Waals surface area (Å²) < 4.78 is 18.3. The first-order valence-corrected chi connectivity index (χ1v) is 12.3. The molecule has 1 fully saturated rings. The number of piperazine rings is 1. The summed E-state index contributed by atoms with van der Waals surface area (Å²) in [6, 6.07) is 17.0. The minimum atomic E-state index is -0.363. The predicted octanol–water partition coefficient (Wildman–Crippen LogP) is 3.24. The van der Waals surface area contributed by atoms with Crippen molar-refractivity contribution in [1.82, 2.24) is 19.6 Å². The van der Waals surface area contributed by atoms with E-state index in [1.54, 1.807) is 23.9 Å². The lowest BCUT2D eigenvalue weighted by atomic mass is 10.1. The molecule has 1 aliphatic rings. The Morgan fingerprint density at radius 3 is 2.35 bits per heavy atom. The second-order valence-corrected chi connectivity index (χ2v) is 9.15. The van der Waals surface area contributed by atoms with Crippen molar-refractivity contribution >= 4 is 11.9 Å². The van der Waals surface area contributed by atoms with Gasteiger partial charge < -0.3 is 19.1 Å². The Hall–Kier alpha value is -3.69. The van der Waals surface area contributed by atoms with Crippen molar-refractivity contribution in [3.05, 3.63) is 82.7 Å². The zero-order valence-electron chi connectivity index (χ0n) is 21.8. The molecule has 2 aromatic carbocycles. The van der Waals surface area contributed by atoms with Crippen LogP contribution in [0, 0.1) is 6.92 Å². The highest BCUT2D eigenvalue weighted by Gasteiger charge is 2.26. The van der Waals surface area contributed by atoms with E-state index in [-0.39, 0.29) is 18.0 Å². The SMILES string of the molecule is COC(=O)c1ccc(COC(CN2CCN(C(=O)c3cc(C)n(C)n3)CC2)c2cccc(OC)c2)cc1. The number of aromatic nitrogens is 2. The number of methoxy groups -OCH3 is 2. The average Bonchev–Trinajstić information content (AvgIpc) is 3.28. The van der Waals surface area contributed by atoms with E-state index < -0.39 is 0 Å². The van der Waals surface area contributed by atoms with Crippen LogP contribution in [-0.2, 0) is 23.1 Å². The van der Waals surface area contributed by atoms with Gasteiger partial charge >= 0.3 is 5.97 Å². The molecule has 3 aromatic rings. The van der Waals surface area contributed by atoms with Gasteiger partial charge in [0.05, 0.1) is 32.5 Å². The molecule has 9 nitrogen and oxygen atoms in total. The third-order valence-electron chi connectivity index (χ3n) is 6.71. The van der Waals surface area contributed by atoms with E-state index in [4.69, 9.17) is 14.2 Å². The van der Waals surface area contributed by atoms with E-state index >= 15 is 0 Å². The quantitative estimate of drug-likeness (QED) is 0.412. The van der Waals surface area contributed by atoms with Gasteiger partial charge in [0.1, 0.15) is 5.75 Å². The van der Waals surface area contributed by atoms with Crippen molar-refractivity contribution < 1.29 is 23.8 Å². The Bertz CT molecular complexity index is 1200. The molecule has 0 radical (unpaired) electrons. The molecule has 2 heterocycles. The van der Waals surface area contributed by atoms with E-state index in [0.717, 1.165) is 35.7 Å². The molecule has 196 valence electrons. The van der Waals surface area contributed by atoms with Gasteiger partial charge in [0, 0.05) is 45.5 Å². The molecule has 0 N–H and O–H groups in total. The lowest BCUT2D eigenvalue weighted by molar-refractivity contribution is 0.00324. The smallest absolute Gasteiger partial charge is 0.337 e. The first-order valence-electron chi connectivity index (χ1n) is 12.3. The Morgan fingerprint density at radius 2 is 1.73 bits per heavy atom. The fourth-order valence-electron chi connectivity index (χ4n) is 4.34. The number of carbonyl (C=O) groups excluding carboxylic acids is 2. The second-order valence-electron chi connectivity index (χ2n) is 9.15. The fourth-order valence-corrected chi connectivity index (χ4v) is 4.34. The molecule has 0 bridgehead atoms. The van der Waals surface area contributed by atoms with Crippen molar-refractivity contribution in [3.8, 4) is 5.75 Å². The average molecular weight is 507 g/mol. The van der Waals surface area contributed by atoms with Crippen molar-refractivity contribution in [2.24, 2.45) is 7.05 Å². The number of ether oxygens (including phenoxy) is 3. The molecule has 1 aromatic heterocycles. The summed E-state index contributed by atoms with van der Waals surface area (Å²) in [7, 11) is 4.86. The van der Waals surface area contributed by atoms with Crippen LogP contribution in [0.3, 0.4) is 0 Å². The summed E-state index contributed by atoms with van der Waals surface area (Å²) in [6.07, 6.45) is -0.198. The Balaban J connectivity index is 1.40.